The highest BCUT2D eigenvalue weighted by atomic mass is 19.1. The molecular formula is C8H11FN2O2. The first-order valence-electron chi connectivity index (χ1n) is 4.12. The standard InChI is InChI=1S/C8H11FN2O2/c1-2-3-4-13-8(12)7-6(9)5-10-11-7/h5H,2-4H2,1H3,(H,10,11). The third kappa shape index (κ3) is 2.54. The Morgan fingerprint density at radius 1 is 1.77 bits per heavy atom. The van der Waals surface area contributed by atoms with Crippen LogP contribution in [0.25, 0.3) is 0 Å². The van der Waals surface area contributed by atoms with Crippen molar-refractivity contribution < 1.29 is 13.9 Å². The third-order valence-corrected chi connectivity index (χ3v) is 1.52. The molecule has 0 aliphatic heterocycles. The smallest absolute Gasteiger partial charge is 0.361 e. The minimum Gasteiger partial charge on any atom is -0.461 e. The molecule has 0 bridgehead atoms. The molecule has 1 rings (SSSR count). The molecule has 1 aromatic heterocycles. The Balaban J connectivity index is 2.45. The molecule has 5 heteroatoms. The van der Waals surface area contributed by atoms with Crippen LogP contribution in [0.3, 0.4) is 0 Å². The predicted molar refractivity (Wildman–Crippen MR) is 43.7 cm³/mol. The summed E-state index contributed by atoms with van der Waals surface area (Å²) in [5.74, 6) is -1.39. The highest BCUT2D eigenvalue weighted by molar-refractivity contribution is 5.87. The van der Waals surface area contributed by atoms with Gasteiger partial charge in [0.2, 0.25) is 5.69 Å². The predicted octanol–water partition coefficient (Wildman–Crippen LogP) is 1.51. The number of nitrogens with one attached hydrogen (secondary N) is 1. The van der Waals surface area contributed by atoms with E-state index in [0.717, 1.165) is 19.0 Å². The van der Waals surface area contributed by atoms with Crippen LogP contribution in [0.1, 0.15) is 30.3 Å². The van der Waals surface area contributed by atoms with Gasteiger partial charge in [-0.3, -0.25) is 5.10 Å². The fraction of sp³-hybridized carbons (Fsp3) is 0.500. The summed E-state index contributed by atoms with van der Waals surface area (Å²) in [6, 6.07) is 0. The molecule has 0 saturated carbocycles. The van der Waals surface area contributed by atoms with Gasteiger partial charge in [-0.05, 0) is 6.42 Å². The molecule has 0 spiro atoms. The number of carbonyl (C=O) groups is 1. The third-order valence-electron chi connectivity index (χ3n) is 1.52. The Morgan fingerprint density at radius 3 is 3.08 bits per heavy atom. The molecule has 4 nitrogen and oxygen atoms in total. The summed E-state index contributed by atoms with van der Waals surface area (Å²) in [6.07, 6.45) is 2.71. The van der Waals surface area contributed by atoms with Gasteiger partial charge in [0.25, 0.3) is 0 Å². The topological polar surface area (TPSA) is 55.0 Å². The second-order valence-corrected chi connectivity index (χ2v) is 2.57. The first kappa shape index (κ1) is 9.70. The number of aromatic amines is 1. The molecule has 1 N–H and O–H groups in total. The lowest BCUT2D eigenvalue weighted by atomic mass is 10.3. The zero-order chi connectivity index (χ0) is 9.68. The first-order valence-corrected chi connectivity index (χ1v) is 4.12. The summed E-state index contributed by atoms with van der Waals surface area (Å²) in [4.78, 5) is 11.1. The number of unbranched alkanes of at least 4 members (excludes halogenated alkanes) is 1. The average Bonchev–Trinajstić information content (AvgIpc) is 2.52. The van der Waals surface area contributed by atoms with Gasteiger partial charge in [-0.25, -0.2) is 9.18 Å². The zero-order valence-corrected chi connectivity index (χ0v) is 7.34. The molecule has 1 heterocycles. The largest absolute Gasteiger partial charge is 0.461 e. The maximum Gasteiger partial charge on any atom is 0.361 e. The molecule has 72 valence electrons. The van der Waals surface area contributed by atoms with E-state index in [1.807, 2.05) is 6.92 Å². The second-order valence-electron chi connectivity index (χ2n) is 2.57. The minimum atomic E-state index is -0.716. The lowest BCUT2D eigenvalue weighted by molar-refractivity contribution is 0.0487. The molecule has 0 aliphatic carbocycles. The number of aromatic nitrogens is 2. The number of carbonyl (C=O) groups excluding carboxylic acids is 1. The number of H-pyrrole nitrogens is 1. The molecule has 0 amide bonds. The van der Waals surface area contributed by atoms with E-state index < -0.39 is 11.8 Å². The van der Waals surface area contributed by atoms with E-state index in [0.29, 0.717) is 6.61 Å². The quantitative estimate of drug-likeness (QED) is 0.572. The van der Waals surface area contributed by atoms with E-state index in [4.69, 9.17) is 4.74 Å². The van der Waals surface area contributed by atoms with E-state index in [1.54, 1.807) is 0 Å². The zero-order valence-electron chi connectivity index (χ0n) is 7.34. The summed E-state index contributed by atoms with van der Waals surface area (Å²) in [6.45, 7) is 2.28. The Bertz CT molecular complexity index is 285. The van der Waals surface area contributed by atoms with Crippen LogP contribution in [0.15, 0.2) is 6.20 Å². The lowest BCUT2D eigenvalue weighted by Gasteiger charge is -2.00. The Kier molecular flexibility index (Phi) is 3.42. The van der Waals surface area contributed by atoms with Crippen molar-refractivity contribution in [1.82, 2.24) is 10.2 Å². The maximum atomic E-state index is 12.7. The van der Waals surface area contributed by atoms with Crippen molar-refractivity contribution in [2.75, 3.05) is 6.61 Å². The second kappa shape index (κ2) is 4.59. The van der Waals surface area contributed by atoms with Crippen LogP contribution in [0.4, 0.5) is 4.39 Å². The molecule has 0 aromatic carbocycles. The molecule has 0 atom stereocenters. The molecular weight excluding hydrogens is 175 g/mol. The van der Waals surface area contributed by atoms with Gasteiger partial charge in [-0.15, -0.1) is 0 Å². The summed E-state index contributed by atoms with van der Waals surface area (Å²) in [5.41, 5.74) is -0.281. The Labute approximate surface area is 75.1 Å². The van der Waals surface area contributed by atoms with Crippen molar-refractivity contribution in [1.29, 1.82) is 0 Å². The molecule has 0 aliphatic rings. The highest BCUT2D eigenvalue weighted by Gasteiger charge is 2.15. The van der Waals surface area contributed by atoms with Crippen LogP contribution >= 0.6 is 0 Å². The van der Waals surface area contributed by atoms with Gasteiger partial charge in [0.1, 0.15) is 0 Å². The van der Waals surface area contributed by atoms with Crippen molar-refractivity contribution in [3.05, 3.63) is 17.7 Å². The highest BCUT2D eigenvalue weighted by Crippen LogP contribution is 2.03. The number of hydrogen-bond donors (Lipinski definition) is 1. The van der Waals surface area contributed by atoms with Crippen molar-refractivity contribution >= 4 is 5.97 Å². The van der Waals surface area contributed by atoms with Crippen LogP contribution in [-0.2, 0) is 4.74 Å². The van der Waals surface area contributed by atoms with E-state index in [9.17, 15) is 9.18 Å². The van der Waals surface area contributed by atoms with E-state index in [1.165, 1.54) is 0 Å². The van der Waals surface area contributed by atoms with Crippen LogP contribution in [0.2, 0.25) is 0 Å². The summed E-state index contributed by atoms with van der Waals surface area (Å²) in [5, 5.41) is 5.66. The molecule has 0 fully saturated rings. The maximum absolute atomic E-state index is 12.7. The average molecular weight is 186 g/mol. The van der Waals surface area contributed by atoms with E-state index in [2.05, 4.69) is 10.2 Å². The summed E-state index contributed by atoms with van der Waals surface area (Å²) >= 11 is 0. The monoisotopic (exact) mass is 186 g/mol. The number of hydrogen-bond acceptors (Lipinski definition) is 3. The fourth-order valence-corrected chi connectivity index (χ4v) is 0.796. The van der Waals surface area contributed by atoms with Crippen molar-refractivity contribution in [2.24, 2.45) is 0 Å². The van der Waals surface area contributed by atoms with Gasteiger partial charge >= 0.3 is 5.97 Å². The van der Waals surface area contributed by atoms with Gasteiger partial charge in [0.05, 0.1) is 12.8 Å². The minimum absolute atomic E-state index is 0.281. The molecule has 1 aromatic rings. The van der Waals surface area contributed by atoms with Gasteiger partial charge in [-0.2, -0.15) is 5.10 Å². The van der Waals surface area contributed by atoms with Crippen molar-refractivity contribution in [3.8, 4) is 0 Å². The van der Waals surface area contributed by atoms with Crippen LogP contribution in [0, 0.1) is 5.82 Å². The number of ether oxygens (including phenoxy) is 1. The number of halogens is 1. The first-order chi connectivity index (χ1) is 6.25. The van der Waals surface area contributed by atoms with Crippen LogP contribution in [0.5, 0.6) is 0 Å². The molecule has 0 saturated heterocycles. The van der Waals surface area contributed by atoms with Crippen molar-refractivity contribution in [3.63, 3.8) is 0 Å². The van der Waals surface area contributed by atoms with E-state index >= 15 is 0 Å². The normalized spacial score (nSPS) is 10.0. The molecule has 0 radical (unpaired) electrons. The fourth-order valence-electron chi connectivity index (χ4n) is 0.796. The number of rotatable bonds is 4. The van der Waals surface area contributed by atoms with Gasteiger partial charge in [-0.1, -0.05) is 13.3 Å². The molecule has 13 heavy (non-hydrogen) atoms. The van der Waals surface area contributed by atoms with Crippen molar-refractivity contribution in [2.45, 2.75) is 19.8 Å². The van der Waals surface area contributed by atoms with Gasteiger partial charge < -0.3 is 4.74 Å². The number of nitrogens with zero attached hydrogens (tertiary/aromatic N) is 1. The van der Waals surface area contributed by atoms with Gasteiger partial charge in [0.15, 0.2) is 5.82 Å². The lowest BCUT2D eigenvalue weighted by Crippen LogP contribution is -2.08. The van der Waals surface area contributed by atoms with Crippen LogP contribution in [-0.4, -0.2) is 22.8 Å². The Morgan fingerprint density at radius 2 is 2.54 bits per heavy atom. The SMILES string of the molecule is CCCCOC(=O)c1n[nH]cc1F. The summed E-state index contributed by atoms with van der Waals surface area (Å²) < 4.78 is 17.5. The summed E-state index contributed by atoms with van der Waals surface area (Å²) in [7, 11) is 0. The Hall–Kier alpha value is -1.39. The number of esters is 1. The van der Waals surface area contributed by atoms with Crippen LogP contribution < -0.4 is 0 Å². The van der Waals surface area contributed by atoms with E-state index in [-0.39, 0.29) is 5.69 Å². The van der Waals surface area contributed by atoms with Gasteiger partial charge in [0, 0.05) is 0 Å². The molecule has 0 unspecified atom stereocenters.